The van der Waals surface area contributed by atoms with Gasteiger partial charge in [-0.1, -0.05) is 67.0 Å². The minimum Gasteiger partial charge on any atom is -0.482 e. The SMILES string of the molecule is CCCCNC(=O)[C@H](C)C[C@H](O)[C@@H](N)C[C@H](Cc1ccc(C(C)(C)C)c(OCC(=O)OCC)c1)C(C)C.Cl. The highest BCUT2D eigenvalue weighted by molar-refractivity contribution is 5.85. The molecule has 0 spiro atoms. The zero-order valence-electron chi connectivity index (χ0n) is 24.8. The lowest BCUT2D eigenvalue weighted by Crippen LogP contribution is -2.41. The lowest BCUT2D eigenvalue weighted by Gasteiger charge is -2.29. The van der Waals surface area contributed by atoms with E-state index in [1.165, 1.54) is 0 Å². The Morgan fingerprint density at radius 3 is 2.32 bits per heavy atom. The number of aliphatic hydroxyl groups excluding tert-OH is 1. The second-order valence-corrected chi connectivity index (χ2v) is 11.6. The van der Waals surface area contributed by atoms with Crippen molar-refractivity contribution in [3.05, 3.63) is 29.3 Å². The standard InChI is InChI=1S/C30H52N2O5.ClH/c1-9-11-14-32-29(35)21(5)15-26(33)25(31)18-23(20(3)4)16-22-12-13-24(30(6,7)8)27(17-22)37-19-28(34)36-10-2;/h12-13,17,20-21,23,25-26,33H,9-11,14-16,18-19,31H2,1-8H3,(H,32,35);1H/t21-,23+,25+,26+;/m1./s1. The van der Waals surface area contributed by atoms with Crippen LogP contribution in [0.3, 0.4) is 0 Å². The number of carbonyl (C=O) groups excluding carboxylic acids is 2. The summed E-state index contributed by atoms with van der Waals surface area (Å²) in [5, 5.41) is 13.7. The van der Waals surface area contributed by atoms with Crippen LogP contribution in [0, 0.1) is 17.8 Å². The third-order valence-electron chi connectivity index (χ3n) is 6.89. The zero-order chi connectivity index (χ0) is 28.2. The highest BCUT2D eigenvalue weighted by Gasteiger charge is 2.27. The van der Waals surface area contributed by atoms with Gasteiger partial charge in [-0.2, -0.15) is 0 Å². The van der Waals surface area contributed by atoms with E-state index in [1.807, 2.05) is 13.0 Å². The molecule has 1 amide bonds. The van der Waals surface area contributed by atoms with E-state index in [0.29, 0.717) is 37.7 Å². The van der Waals surface area contributed by atoms with Gasteiger partial charge in [-0.15, -0.1) is 12.4 Å². The van der Waals surface area contributed by atoms with Crippen LogP contribution >= 0.6 is 12.4 Å². The van der Waals surface area contributed by atoms with Gasteiger partial charge in [-0.3, -0.25) is 4.79 Å². The van der Waals surface area contributed by atoms with Crippen LogP contribution in [-0.4, -0.2) is 48.9 Å². The maximum absolute atomic E-state index is 12.3. The van der Waals surface area contributed by atoms with Crippen molar-refractivity contribution in [2.75, 3.05) is 19.8 Å². The fraction of sp³-hybridized carbons (Fsp3) is 0.733. The predicted octanol–water partition coefficient (Wildman–Crippen LogP) is 5.18. The number of ether oxygens (including phenoxy) is 2. The van der Waals surface area contributed by atoms with Crippen molar-refractivity contribution in [3.8, 4) is 5.75 Å². The summed E-state index contributed by atoms with van der Waals surface area (Å²) in [5.74, 6) is 0.554. The van der Waals surface area contributed by atoms with Gasteiger partial charge in [0.1, 0.15) is 5.75 Å². The summed E-state index contributed by atoms with van der Waals surface area (Å²) in [6, 6.07) is 5.77. The maximum Gasteiger partial charge on any atom is 0.344 e. The number of hydrogen-bond acceptors (Lipinski definition) is 6. The van der Waals surface area contributed by atoms with Crippen LogP contribution in [0.25, 0.3) is 0 Å². The Balaban J connectivity index is 0.0000137. The van der Waals surface area contributed by atoms with Crippen LogP contribution in [0.1, 0.15) is 92.2 Å². The van der Waals surface area contributed by atoms with Gasteiger partial charge in [0.25, 0.3) is 0 Å². The highest BCUT2D eigenvalue weighted by Crippen LogP contribution is 2.34. The Bertz CT molecular complexity index is 840. The number of halogens is 1. The Hall–Kier alpha value is -1.83. The van der Waals surface area contributed by atoms with Gasteiger partial charge in [0, 0.05) is 18.5 Å². The van der Waals surface area contributed by atoms with Gasteiger partial charge in [0.05, 0.1) is 12.7 Å². The minimum atomic E-state index is -0.750. The van der Waals surface area contributed by atoms with Crippen molar-refractivity contribution in [3.63, 3.8) is 0 Å². The summed E-state index contributed by atoms with van der Waals surface area (Å²) in [6.07, 6.45) is 2.98. The quantitative estimate of drug-likeness (QED) is 0.191. The number of rotatable bonds is 16. The number of hydrogen-bond donors (Lipinski definition) is 3. The molecule has 220 valence electrons. The van der Waals surface area contributed by atoms with Gasteiger partial charge in [0.15, 0.2) is 6.61 Å². The summed E-state index contributed by atoms with van der Waals surface area (Å²) in [4.78, 5) is 24.2. The van der Waals surface area contributed by atoms with Crippen molar-refractivity contribution in [2.45, 2.75) is 105 Å². The van der Waals surface area contributed by atoms with Gasteiger partial charge in [-0.25, -0.2) is 4.79 Å². The molecular formula is C30H53ClN2O5. The Labute approximate surface area is 237 Å². The fourth-order valence-electron chi connectivity index (χ4n) is 4.38. The summed E-state index contributed by atoms with van der Waals surface area (Å²) < 4.78 is 10.9. The zero-order valence-corrected chi connectivity index (χ0v) is 25.7. The van der Waals surface area contributed by atoms with Crippen molar-refractivity contribution in [1.29, 1.82) is 0 Å². The molecule has 0 saturated carbocycles. The van der Waals surface area contributed by atoms with Crippen LogP contribution in [0.5, 0.6) is 5.75 Å². The predicted molar refractivity (Wildman–Crippen MR) is 157 cm³/mol. The minimum absolute atomic E-state index is 0. The number of aliphatic hydroxyl groups is 1. The topological polar surface area (TPSA) is 111 Å². The van der Waals surface area contributed by atoms with Crippen LogP contribution in [-0.2, 0) is 26.2 Å². The number of amides is 1. The molecule has 0 fully saturated rings. The second-order valence-electron chi connectivity index (χ2n) is 11.6. The maximum atomic E-state index is 12.3. The van der Waals surface area contributed by atoms with Crippen molar-refractivity contribution >= 4 is 24.3 Å². The van der Waals surface area contributed by atoms with Gasteiger partial charge < -0.3 is 25.6 Å². The molecule has 38 heavy (non-hydrogen) atoms. The highest BCUT2D eigenvalue weighted by atomic mass is 35.5. The largest absolute Gasteiger partial charge is 0.482 e. The molecule has 4 atom stereocenters. The number of esters is 1. The monoisotopic (exact) mass is 556 g/mol. The van der Waals surface area contributed by atoms with Gasteiger partial charge >= 0.3 is 5.97 Å². The van der Waals surface area contributed by atoms with E-state index in [-0.39, 0.29) is 48.1 Å². The van der Waals surface area contributed by atoms with Crippen LogP contribution in [0.2, 0.25) is 0 Å². The van der Waals surface area contributed by atoms with Crippen LogP contribution in [0.15, 0.2) is 18.2 Å². The number of carbonyl (C=O) groups is 2. The summed E-state index contributed by atoms with van der Waals surface area (Å²) in [7, 11) is 0. The number of nitrogens with two attached hydrogens (primary N) is 1. The smallest absolute Gasteiger partial charge is 0.344 e. The van der Waals surface area contributed by atoms with E-state index >= 15 is 0 Å². The molecule has 0 unspecified atom stereocenters. The molecule has 0 aromatic heterocycles. The summed E-state index contributed by atoms with van der Waals surface area (Å²) in [6.45, 7) is 17.2. The van der Waals surface area contributed by atoms with Crippen molar-refractivity contribution in [1.82, 2.24) is 5.32 Å². The van der Waals surface area contributed by atoms with E-state index < -0.39 is 12.1 Å². The number of nitrogens with one attached hydrogen (secondary N) is 1. The molecule has 0 aliphatic rings. The molecule has 4 N–H and O–H groups in total. The Kier molecular flexibility index (Phi) is 16.8. The van der Waals surface area contributed by atoms with Gasteiger partial charge in [0.2, 0.25) is 5.91 Å². The van der Waals surface area contributed by atoms with Crippen LogP contribution < -0.4 is 15.8 Å². The third-order valence-corrected chi connectivity index (χ3v) is 6.89. The first kappa shape index (κ1) is 36.2. The van der Waals surface area contributed by atoms with Crippen molar-refractivity contribution in [2.24, 2.45) is 23.5 Å². The first-order chi connectivity index (χ1) is 17.3. The molecule has 1 aromatic carbocycles. The van der Waals surface area contributed by atoms with Crippen molar-refractivity contribution < 1.29 is 24.2 Å². The molecule has 7 nitrogen and oxygen atoms in total. The fourth-order valence-corrected chi connectivity index (χ4v) is 4.38. The first-order valence-electron chi connectivity index (χ1n) is 13.9. The summed E-state index contributed by atoms with van der Waals surface area (Å²) >= 11 is 0. The third kappa shape index (κ3) is 12.8. The normalized spacial score (nSPS) is 14.7. The van der Waals surface area contributed by atoms with Gasteiger partial charge in [-0.05, 0) is 67.1 Å². The molecule has 0 aliphatic heterocycles. The Morgan fingerprint density at radius 2 is 1.76 bits per heavy atom. The second kappa shape index (κ2) is 17.7. The molecule has 8 heteroatoms. The first-order valence-corrected chi connectivity index (χ1v) is 13.9. The molecule has 0 heterocycles. The molecule has 1 rings (SSSR count). The number of benzene rings is 1. The number of unbranched alkanes of at least 4 members (excludes halogenated alkanes) is 1. The molecule has 0 saturated heterocycles. The average molecular weight is 557 g/mol. The van der Waals surface area contributed by atoms with E-state index in [1.54, 1.807) is 6.92 Å². The average Bonchev–Trinajstić information content (AvgIpc) is 2.81. The molecular weight excluding hydrogens is 504 g/mol. The molecule has 1 aromatic rings. The van der Waals surface area contributed by atoms with Crippen LogP contribution in [0.4, 0.5) is 0 Å². The Morgan fingerprint density at radius 1 is 1.11 bits per heavy atom. The van der Waals surface area contributed by atoms with E-state index in [0.717, 1.165) is 30.4 Å². The van der Waals surface area contributed by atoms with E-state index in [4.69, 9.17) is 15.2 Å². The lowest BCUT2D eigenvalue weighted by molar-refractivity contribution is -0.145. The molecule has 0 aliphatic carbocycles. The lowest BCUT2D eigenvalue weighted by atomic mass is 9.81. The molecule has 0 radical (unpaired) electrons. The van der Waals surface area contributed by atoms with E-state index in [9.17, 15) is 14.7 Å². The van der Waals surface area contributed by atoms with E-state index in [2.05, 4.69) is 59.0 Å². The molecule has 0 bridgehead atoms. The summed E-state index contributed by atoms with van der Waals surface area (Å²) in [5.41, 5.74) is 8.42.